The molecule has 1 unspecified atom stereocenters. The first-order valence-corrected chi connectivity index (χ1v) is 12.9. The van der Waals surface area contributed by atoms with E-state index in [1.165, 1.54) is 39.6 Å². The second-order valence-electron chi connectivity index (χ2n) is 9.53. The zero-order chi connectivity index (χ0) is 29.0. The lowest BCUT2D eigenvalue weighted by molar-refractivity contribution is -0.268. The Hall–Kier alpha value is -3.42. The lowest BCUT2D eigenvalue weighted by Gasteiger charge is -2.36. The van der Waals surface area contributed by atoms with E-state index < -0.39 is 24.5 Å². The van der Waals surface area contributed by atoms with Gasteiger partial charge in [-0.15, -0.1) is 0 Å². The summed E-state index contributed by atoms with van der Waals surface area (Å²) in [6.45, 7) is -0.290. The van der Waals surface area contributed by atoms with Crippen LogP contribution < -0.4 is 29.7 Å². The number of carbonyl (C=O) groups is 1. The van der Waals surface area contributed by atoms with Gasteiger partial charge in [0.25, 0.3) is 0 Å². The van der Waals surface area contributed by atoms with Gasteiger partial charge in [0.15, 0.2) is 17.2 Å². The van der Waals surface area contributed by atoms with Crippen LogP contribution in [-0.4, -0.2) is 88.3 Å². The number of hydrogen-bond acceptors (Lipinski definition) is 11. The fraction of sp³-hybridized carbons (Fsp3) is 0.500. The topological polar surface area (TPSA) is 145 Å². The molecular formula is C28H36N2O10. The van der Waals surface area contributed by atoms with Crippen LogP contribution in [0.15, 0.2) is 29.1 Å². The fourth-order valence-corrected chi connectivity index (χ4v) is 5.24. The van der Waals surface area contributed by atoms with Crippen LogP contribution in [0.25, 0.3) is 11.1 Å². The molecule has 2 aliphatic rings. The number of aliphatic hydroxyl groups excluding tert-OH is 2. The number of amides is 1. The number of carbonyl (C=O) groups excluding carboxylic acids is 1. The van der Waals surface area contributed by atoms with E-state index >= 15 is 0 Å². The first kappa shape index (κ1) is 29.6. The normalized spacial score (nSPS) is 22.0. The number of fused-ring (bicyclic) bond motifs is 3. The quantitative estimate of drug-likeness (QED) is 0.380. The van der Waals surface area contributed by atoms with Crippen LogP contribution in [0.2, 0.25) is 0 Å². The smallest absolute Gasteiger partial charge is 0.237 e. The van der Waals surface area contributed by atoms with Crippen molar-refractivity contribution in [1.29, 1.82) is 0 Å². The van der Waals surface area contributed by atoms with Crippen molar-refractivity contribution in [3.8, 4) is 34.1 Å². The predicted molar refractivity (Wildman–Crippen MR) is 144 cm³/mol. The summed E-state index contributed by atoms with van der Waals surface area (Å²) in [6, 6.07) is 6.16. The average molecular weight is 561 g/mol. The van der Waals surface area contributed by atoms with Crippen molar-refractivity contribution >= 4 is 5.91 Å². The lowest BCUT2D eigenvalue weighted by atomic mass is 9.95. The monoisotopic (exact) mass is 560 g/mol. The molecule has 1 amide bonds. The highest BCUT2D eigenvalue weighted by molar-refractivity contribution is 5.84. The zero-order valence-corrected chi connectivity index (χ0v) is 23.3. The van der Waals surface area contributed by atoms with E-state index in [0.29, 0.717) is 41.2 Å². The Morgan fingerprint density at radius 1 is 1.00 bits per heavy atom. The fourth-order valence-electron chi connectivity index (χ4n) is 5.24. The molecule has 0 radical (unpaired) electrons. The van der Waals surface area contributed by atoms with Crippen molar-refractivity contribution in [2.75, 3.05) is 48.7 Å². The maximum atomic E-state index is 13.3. The molecule has 12 heteroatoms. The van der Waals surface area contributed by atoms with Gasteiger partial charge in [0.05, 0.1) is 54.3 Å². The van der Waals surface area contributed by atoms with E-state index in [-0.39, 0.29) is 36.7 Å². The number of nitrogens with zero attached hydrogens (tertiary/aromatic N) is 1. The second kappa shape index (κ2) is 12.8. The third-order valence-corrected chi connectivity index (χ3v) is 7.26. The van der Waals surface area contributed by atoms with Gasteiger partial charge in [-0.1, -0.05) is 6.07 Å². The first-order valence-electron chi connectivity index (χ1n) is 12.9. The number of hydrogen-bond donors (Lipinski definition) is 3. The minimum Gasteiger partial charge on any atom is -0.493 e. The summed E-state index contributed by atoms with van der Waals surface area (Å²) < 4.78 is 27.8. The van der Waals surface area contributed by atoms with Gasteiger partial charge < -0.3 is 39.2 Å². The molecule has 1 aliphatic heterocycles. The number of rotatable bonds is 9. The molecule has 40 heavy (non-hydrogen) atoms. The molecule has 0 bridgehead atoms. The van der Waals surface area contributed by atoms with E-state index in [0.717, 1.165) is 11.1 Å². The second-order valence-corrected chi connectivity index (χ2v) is 9.53. The Labute approximate surface area is 232 Å². The molecule has 1 aliphatic carbocycles. The predicted octanol–water partition coefficient (Wildman–Crippen LogP) is 1.18. The van der Waals surface area contributed by atoms with Gasteiger partial charge in [-0.3, -0.25) is 14.4 Å². The molecule has 12 nitrogen and oxygen atoms in total. The van der Waals surface area contributed by atoms with Crippen LogP contribution in [0.1, 0.15) is 30.0 Å². The molecule has 1 saturated heterocycles. The van der Waals surface area contributed by atoms with E-state index in [2.05, 4.69) is 5.32 Å². The molecule has 0 spiro atoms. The minimum atomic E-state index is -0.999. The van der Waals surface area contributed by atoms with Gasteiger partial charge >= 0.3 is 0 Å². The molecule has 0 saturated carbocycles. The summed E-state index contributed by atoms with van der Waals surface area (Å²) in [4.78, 5) is 31.7. The zero-order valence-electron chi connectivity index (χ0n) is 23.3. The Morgan fingerprint density at radius 2 is 1.73 bits per heavy atom. The van der Waals surface area contributed by atoms with Crippen molar-refractivity contribution in [1.82, 2.24) is 10.4 Å². The summed E-state index contributed by atoms with van der Waals surface area (Å²) in [5, 5.41) is 24.1. The van der Waals surface area contributed by atoms with Gasteiger partial charge in [-0.25, -0.2) is 0 Å². The SMILES string of the molecule is COc1cc2c(c(OC)c1OC)-c1ccc(OC)c(=O)cc1[C@@H](NC(=O)CN(OC)C1C[C@H](O)[C@H](O)CO1)CC2. The van der Waals surface area contributed by atoms with E-state index in [1.807, 2.05) is 6.07 Å². The summed E-state index contributed by atoms with van der Waals surface area (Å²) in [7, 11) is 7.42. The molecule has 218 valence electrons. The molecule has 1 fully saturated rings. The highest BCUT2D eigenvalue weighted by Gasteiger charge is 2.34. The number of aliphatic hydroxyl groups is 2. The summed E-state index contributed by atoms with van der Waals surface area (Å²) in [5.41, 5.74) is 2.54. The largest absolute Gasteiger partial charge is 0.493 e. The Balaban J connectivity index is 1.73. The Kier molecular flexibility index (Phi) is 9.48. The van der Waals surface area contributed by atoms with Gasteiger partial charge in [0.1, 0.15) is 18.9 Å². The number of benzene rings is 1. The molecule has 2 aromatic rings. The van der Waals surface area contributed by atoms with Crippen molar-refractivity contribution in [2.24, 2.45) is 0 Å². The highest BCUT2D eigenvalue weighted by atomic mass is 16.7. The molecule has 1 heterocycles. The third kappa shape index (κ3) is 5.86. The van der Waals surface area contributed by atoms with Crippen LogP contribution in [0.5, 0.6) is 23.0 Å². The summed E-state index contributed by atoms with van der Waals surface area (Å²) in [6.07, 6.45) is -1.65. The average Bonchev–Trinajstić information content (AvgIpc) is 3.20. The number of nitrogens with one attached hydrogen (secondary N) is 1. The molecular weight excluding hydrogens is 524 g/mol. The maximum Gasteiger partial charge on any atom is 0.237 e. The van der Waals surface area contributed by atoms with E-state index in [9.17, 15) is 19.8 Å². The van der Waals surface area contributed by atoms with Crippen molar-refractivity contribution < 1.29 is 43.5 Å². The number of hydroxylamine groups is 2. The molecule has 4 atom stereocenters. The lowest BCUT2D eigenvalue weighted by Crippen LogP contribution is -2.51. The van der Waals surface area contributed by atoms with Crippen LogP contribution in [-0.2, 0) is 20.8 Å². The van der Waals surface area contributed by atoms with Crippen molar-refractivity contribution in [3.05, 3.63) is 45.6 Å². The van der Waals surface area contributed by atoms with Crippen molar-refractivity contribution in [3.63, 3.8) is 0 Å². The molecule has 0 aromatic heterocycles. The van der Waals surface area contributed by atoms with Crippen LogP contribution >= 0.6 is 0 Å². The van der Waals surface area contributed by atoms with Crippen LogP contribution in [0, 0.1) is 0 Å². The minimum absolute atomic E-state index is 0.0719. The summed E-state index contributed by atoms with van der Waals surface area (Å²) in [5.74, 6) is 1.12. The maximum absolute atomic E-state index is 13.3. The van der Waals surface area contributed by atoms with Crippen LogP contribution in [0.4, 0.5) is 0 Å². The van der Waals surface area contributed by atoms with Gasteiger partial charge in [-0.2, -0.15) is 5.06 Å². The molecule has 4 rings (SSSR count). The molecule has 2 aromatic carbocycles. The Morgan fingerprint density at radius 3 is 2.35 bits per heavy atom. The van der Waals surface area contributed by atoms with Gasteiger partial charge in [-0.05, 0) is 47.7 Å². The van der Waals surface area contributed by atoms with Gasteiger partial charge in [0, 0.05) is 12.0 Å². The van der Waals surface area contributed by atoms with E-state index in [4.69, 9.17) is 28.5 Å². The highest BCUT2D eigenvalue weighted by Crippen LogP contribution is 2.50. The number of methoxy groups -OCH3 is 4. The van der Waals surface area contributed by atoms with E-state index in [1.54, 1.807) is 19.2 Å². The third-order valence-electron chi connectivity index (χ3n) is 7.26. The standard InChI is InChI=1S/C28H36N2O10/c1-35-22-9-7-16-17(11-20(22)32)18(8-6-15-10-23(36-2)27(37-3)28(38-4)26(15)16)29-24(34)13-30(39-5)25-12-19(31)21(33)14-40-25/h7,9-11,18-19,21,25,31,33H,6,8,12-14H2,1-5H3,(H,29,34)/t18-,19-,21+,25?/m0/s1. The van der Waals surface area contributed by atoms with Gasteiger partial charge in [0.2, 0.25) is 17.1 Å². The molecule has 3 N–H and O–H groups in total. The number of ether oxygens (including phenoxy) is 5. The summed E-state index contributed by atoms with van der Waals surface area (Å²) >= 11 is 0. The van der Waals surface area contributed by atoms with Crippen LogP contribution in [0.3, 0.4) is 0 Å². The number of aryl methyl sites for hydroxylation is 1. The van der Waals surface area contributed by atoms with Crippen molar-refractivity contribution in [2.45, 2.75) is 43.7 Å². The Bertz CT molecular complexity index is 1290. The first-order chi connectivity index (χ1) is 19.3.